The monoisotopic (exact) mass is 376 g/mol. The Hall–Kier alpha value is -3.15. The van der Waals surface area contributed by atoms with E-state index in [0.717, 1.165) is 29.1 Å². The van der Waals surface area contributed by atoms with Crippen LogP contribution in [0, 0.1) is 6.92 Å². The average Bonchev–Trinajstić information content (AvgIpc) is 2.71. The molecule has 0 bridgehead atoms. The first-order chi connectivity index (χ1) is 13.6. The van der Waals surface area contributed by atoms with E-state index in [9.17, 15) is 4.79 Å². The molecule has 1 aromatic heterocycles. The number of fused-ring (bicyclic) bond motifs is 2. The Kier molecular flexibility index (Phi) is 5.10. The van der Waals surface area contributed by atoms with Gasteiger partial charge in [-0.1, -0.05) is 29.8 Å². The molecule has 4 rings (SSSR count). The molecule has 3 aromatic rings. The predicted molar refractivity (Wildman–Crippen MR) is 111 cm³/mol. The molecule has 0 unspecified atom stereocenters. The van der Waals surface area contributed by atoms with Crippen molar-refractivity contribution in [2.45, 2.75) is 19.8 Å². The van der Waals surface area contributed by atoms with Gasteiger partial charge >= 0.3 is 0 Å². The predicted octanol–water partition coefficient (Wildman–Crippen LogP) is 3.58. The number of hydrogen-bond acceptors (Lipinski definition) is 5. The first-order valence-electron chi connectivity index (χ1n) is 9.59. The zero-order valence-electron chi connectivity index (χ0n) is 16.3. The Bertz CT molecular complexity index is 987. The fourth-order valence-corrected chi connectivity index (χ4v) is 3.31. The van der Waals surface area contributed by atoms with Crippen molar-refractivity contribution in [3.05, 3.63) is 54.1 Å². The Morgan fingerprint density at radius 2 is 1.68 bits per heavy atom. The lowest BCUT2D eigenvalue weighted by molar-refractivity contribution is -0.118. The van der Waals surface area contributed by atoms with Crippen LogP contribution in [0.25, 0.3) is 11.0 Å². The maximum atomic E-state index is 12.8. The summed E-state index contributed by atoms with van der Waals surface area (Å²) in [7, 11) is 1.99. The number of hydrogen-bond donors (Lipinski definition) is 0. The molecule has 0 saturated heterocycles. The van der Waals surface area contributed by atoms with Gasteiger partial charge in [-0.2, -0.15) is 0 Å². The van der Waals surface area contributed by atoms with Gasteiger partial charge < -0.3 is 9.64 Å². The second kappa shape index (κ2) is 7.84. The molecule has 144 valence electrons. The number of amides is 1. The number of aryl methyl sites for hydroxylation is 1. The van der Waals surface area contributed by atoms with Gasteiger partial charge in [0.1, 0.15) is 5.75 Å². The zero-order chi connectivity index (χ0) is 19.5. The summed E-state index contributed by atoms with van der Waals surface area (Å²) in [5, 5.41) is 0. The van der Waals surface area contributed by atoms with Crippen molar-refractivity contribution < 1.29 is 9.53 Å². The van der Waals surface area contributed by atoms with Gasteiger partial charge in [0.2, 0.25) is 5.91 Å². The summed E-state index contributed by atoms with van der Waals surface area (Å²) in [5.41, 5.74) is 2.84. The van der Waals surface area contributed by atoms with E-state index in [1.807, 2.05) is 62.5 Å². The molecule has 0 N–H and O–H groups in total. The van der Waals surface area contributed by atoms with E-state index in [0.29, 0.717) is 31.8 Å². The Morgan fingerprint density at radius 1 is 1.00 bits per heavy atom. The minimum Gasteiger partial charge on any atom is -0.494 e. The summed E-state index contributed by atoms with van der Waals surface area (Å²) in [6, 6.07) is 15.7. The Morgan fingerprint density at radius 3 is 2.39 bits per heavy atom. The normalized spacial score (nSPS) is 13.5. The molecule has 6 nitrogen and oxygen atoms in total. The molecule has 28 heavy (non-hydrogen) atoms. The number of carbonyl (C=O) groups is 1. The average molecular weight is 376 g/mol. The minimum absolute atomic E-state index is 0.0615. The van der Waals surface area contributed by atoms with Crippen molar-refractivity contribution in [1.29, 1.82) is 0 Å². The highest BCUT2D eigenvalue weighted by molar-refractivity contribution is 5.97. The highest BCUT2D eigenvalue weighted by Gasteiger charge is 2.28. The smallest absolute Gasteiger partial charge is 0.228 e. The number of rotatable bonds is 5. The summed E-state index contributed by atoms with van der Waals surface area (Å²) in [4.78, 5) is 26.1. The van der Waals surface area contributed by atoms with Crippen LogP contribution >= 0.6 is 0 Å². The van der Waals surface area contributed by atoms with Gasteiger partial charge in [0.25, 0.3) is 0 Å². The quantitative estimate of drug-likeness (QED) is 0.637. The first-order valence-corrected chi connectivity index (χ1v) is 9.59. The first kappa shape index (κ1) is 18.2. The van der Waals surface area contributed by atoms with Gasteiger partial charge in [0.05, 0.1) is 17.6 Å². The van der Waals surface area contributed by atoms with E-state index in [2.05, 4.69) is 4.90 Å². The molecule has 2 heterocycles. The molecule has 0 spiro atoms. The molecule has 0 aliphatic carbocycles. The molecule has 0 atom stereocenters. The van der Waals surface area contributed by atoms with Crippen LogP contribution < -0.4 is 14.5 Å². The topological polar surface area (TPSA) is 58.6 Å². The van der Waals surface area contributed by atoms with Crippen LogP contribution in [0.4, 0.5) is 11.6 Å². The van der Waals surface area contributed by atoms with Crippen LogP contribution in [0.3, 0.4) is 0 Å². The summed E-state index contributed by atoms with van der Waals surface area (Å²) in [6.07, 6.45) is 1.08. The molecule has 1 aliphatic heterocycles. The van der Waals surface area contributed by atoms with Gasteiger partial charge in [-0.15, -0.1) is 0 Å². The number of carbonyl (C=O) groups excluding carboxylic acids is 1. The van der Waals surface area contributed by atoms with E-state index >= 15 is 0 Å². The highest BCUT2D eigenvalue weighted by atomic mass is 16.5. The number of para-hydroxylation sites is 2. The largest absolute Gasteiger partial charge is 0.494 e. The molecule has 6 heteroatoms. The Balaban J connectivity index is 1.43. The van der Waals surface area contributed by atoms with Gasteiger partial charge in [0, 0.05) is 26.6 Å². The second-order valence-electron chi connectivity index (χ2n) is 7.09. The lowest BCUT2D eigenvalue weighted by atomic mass is 10.2. The third kappa shape index (κ3) is 3.76. The van der Waals surface area contributed by atoms with E-state index in [1.54, 1.807) is 4.90 Å². The van der Waals surface area contributed by atoms with Crippen LogP contribution in [0.5, 0.6) is 5.75 Å². The van der Waals surface area contributed by atoms with Gasteiger partial charge in [-0.25, -0.2) is 9.97 Å². The number of anilines is 2. The van der Waals surface area contributed by atoms with Crippen molar-refractivity contribution in [3.63, 3.8) is 0 Å². The highest BCUT2D eigenvalue weighted by Crippen LogP contribution is 2.31. The lowest BCUT2D eigenvalue weighted by Gasteiger charge is -2.33. The maximum absolute atomic E-state index is 12.8. The molecule has 0 fully saturated rings. The van der Waals surface area contributed by atoms with Crippen molar-refractivity contribution in [1.82, 2.24) is 9.97 Å². The fraction of sp³-hybridized carbons (Fsp3) is 0.318. The molecule has 1 amide bonds. The van der Waals surface area contributed by atoms with Crippen molar-refractivity contribution >= 4 is 28.6 Å². The molecule has 0 radical (unpaired) electrons. The zero-order valence-corrected chi connectivity index (χ0v) is 16.3. The molecular formula is C22H24N4O2. The van der Waals surface area contributed by atoms with E-state index < -0.39 is 0 Å². The molecule has 1 aliphatic rings. The number of aromatic nitrogens is 2. The molecule has 2 aromatic carbocycles. The standard InChI is InChI=1S/C22H24N4O2/c1-16-9-11-17(12-10-16)28-15-5-8-20(27)26-14-13-25(2)21-22(26)24-19-7-4-3-6-18(19)23-21/h3-4,6-7,9-12H,5,8,13-15H2,1-2H3. The van der Waals surface area contributed by atoms with Gasteiger partial charge in [-0.05, 0) is 37.6 Å². The molecule has 0 saturated carbocycles. The van der Waals surface area contributed by atoms with Crippen LogP contribution in [0.15, 0.2) is 48.5 Å². The number of nitrogens with zero attached hydrogens (tertiary/aromatic N) is 4. The van der Waals surface area contributed by atoms with Gasteiger partial charge in [0.15, 0.2) is 11.6 Å². The number of likely N-dealkylation sites (N-methyl/N-ethyl adjacent to an activating group) is 1. The molecular weight excluding hydrogens is 352 g/mol. The SMILES string of the molecule is Cc1ccc(OCCCC(=O)N2CCN(C)c3nc4ccccc4nc32)cc1. The van der Waals surface area contributed by atoms with Crippen molar-refractivity contribution in [2.24, 2.45) is 0 Å². The van der Waals surface area contributed by atoms with Crippen LogP contribution in [0.2, 0.25) is 0 Å². The third-order valence-corrected chi connectivity index (χ3v) is 4.94. The summed E-state index contributed by atoms with van der Waals surface area (Å²) < 4.78 is 5.74. The van der Waals surface area contributed by atoms with Crippen molar-refractivity contribution in [2.75, 3.05) is 36.5 Å². The maximum Gasteiger partial charge on any atom is 0.228 e. The fourth-order valence-electron chi connectivity index (χ4n) is 3.31. The van der Waals surface area contributed by atoms with Crippen LogP contribution in [0.1, 0.15) is 18.4 Å². The van der Waals surface area contributed by atoms with E-state index in [-0.39, 0.29) is 5.91 Å². The van der Waals surface area contributed by atoms with E-state index in [1.165, 1.54) is 5.56 Å². The summed E-state index contributed by atoms with van der Waals surface area (Å²) in [5.74, 6) is 2.30. The van der Waals surface area contributed by atoms with Crippen LogP contribution in [-0.2, 0) is 4.79 Å². The second-order valence-corrected chi connectivity index (χ2v) is 7.09. The summed E-state index contributed by atoms with van der Waals surface area (Å²) >= 11 is 0. The third-order valence-electron chi connectivity index (χ3n) is 4.94. The number of benzene rings is 2. The lowest BCUT2D eigenvalue weighted by Crippen LogP contribution is -2.43. The number of ether oxygens (including phenoxy) is 1. The van der Waals surface area contributed by atoms with Gasteiger partial charge in [-0.3, -0.25) is 9.69 Å². The Labute approximate surface area is 164 Å². The van der Waals surface area contributed by atoms with E-state index in [4.69, 9.17) is 14.7 Å². The summed E-state index contributed by atoms with van der Waals surface area (Å²) in [6.45, 7) is 3.92. The minimum atomic E-state index is 0.0615. The van der Waals surface area contributed by atoms with Crippen molar-refractivity contribution in [3.8, 4) is 5.75 Å². The van der Waals surface area contributed by atoms with Crippen LogP contribution in [-0.4, -0.2) is 42.6 Å².